The Kier molecular flexibility index (Phi) is 7.40. The van der Waals surface area contributed by atoms with E-state index in [0.717, 1.165) is 6.42 Å². The molecule has 0 saturated heterocycles. The summed E-state index contributed by atoms with van der Waals surface area (Å²) in [4.78, 5) is 0. The molecule has 21 heavy (non-hydrogen) atoms. The molecule has 0 aliphatic heterocycles. The largest absolute Gasteiger partial charge is 0.406 e. The molecule has 1 aromatic rings. The van der Waals surface area contributed by atoms with Crippen molar-refractivity contribution < 1.29 is 4.43 Å². The fourth-order valence-corrected chi connectivity index (χ4v) is 5.70. The van der Waals surface area contributed by atoms with Crippen LogP contribution in [0.1, 0.15) is 52.7 Å². The van der Waals surface area contributed by atoms with E-state index in [4.69, 9.17) is 4.43 Å². The zero-order chi connectivity index (χ0) is 15.9. The van der Waals surface area contributed by atoms with Crippen molar-refractivity contribution in [3.63, 3.8) is 0 Å². The summed E-state index contributed by atoms with van der Waals surface area (Å²) in [5.41, 5.74) is 2.49. The molecule has 0 aliphatic rings. The van der Waals surface area contributed by atoms with Crippen LogP contribution in [-0.2, 0) is 4.43 Å². The molecule has 0 spiro atoms. The summed E-state index contributed by atoms with van der Waals surface area (Å²) in [6.45, 7) is 15.7. The molecule has 118 valence electrons. The second-order valence-electron chi connectivity index (χ2n) is 6.41. The molecule has 0 bridgehead atoms. The van der Waals surface area contributed by atoms with Crippen LogP contribution in [0.15, 0.2) is 42.5 Å². The van der Waals surface area contributed by atoms with Gasteiger partial charge in [-0.3, -0.25) is 0 Å². The highest BCUT2D eigenvalue weighted by atomic mass is 28.4. The lowest BCUT2D eigenvalue weighted by molar-refractivity contribution is 0.219. The van der Waals surface area contributed by atoms with Gasteiger partial charge in [0.15, 0.2) is 8.32 Å². The average molecular weight is 305 g/mol. The molecule has 1 nitrogen and oxygen atoms in total. The maximum atomic E-state index is 6.77. The van der Waals surface area contributed by atoms with E-state index < -0.39 is 8.32 Å². The lowest BCUT2D eigenvalue weighted by Gasteiger charge is -2.35. The van der Waals surface area contributed by atoms with Gasteiger partial charge in [0.25, 0.3) is 0 Å². The third kappa shape index (κ3) is 5.12. The Bertz CT molecular complexity index is 412. The monoisotopic (exact) mass is 304 g/mol. The van der Waals surface area contributed by atoms with Gasteiger partial charge >= 0.3 is 0 Å². The minimum Gasteiger partial charge on any atom is -0.406 e. The van der Waals surface area contributed by atoms with E-state index in [1.54, 1.807) is 0 Å². The lowest BCUT2D eigenvalue weighted by Crippen LogP contribution is -2.37. The maximum Gasteiger partial charge on any atom is 0.193 e. The number of hydrogen-bond acceptors (Lipinski definition) is 1. The summed E-state index contributed by atoms with van der Waals surface area (Å²) in [6.07, 6.45) is 1.10. The van der Waals surface area contributed by atoms with Crippen LogP contribution in [0.4, 0.5) is 0 Å². The van der Waals surface area contributed by atoms with Crippen molar-refractivity contribution in [2.45, 2.75) is 65.3 Å². The number of rotatable bonds is 9. The van der Waals surface area contributed by atoms with Crippen molar-refractivity contribution in [3.8, 4) is 0 Å². The molecule has 1 atom stereocenters. The van der Waals surface area contributed by atoms with E-state index in [2.05, 4.69) is 71.5 Å². The summed E-state index contributed by atoms with van der Waals surface area (Å²) >= 11 is 0. The van der Waals surface area contributed by atoms with Crippen LogP contribution in [0.25, 0.3) is 0 Å². The first-order valence-corrected chi connectivity index (χ1v) is 10.9. The van der Waals surface area contributed by atoms with E-state index in [-0.39, 0.29) is 6.10 Å². The molecule has 0 fully saturated rings. The standard InChI is InChI=1S/C19H32OSi/c1-7-21(8-2,9-3)20-19(17(6)15-16(4)5)18-13-11-10-12-14-18/h10-14,16,19H,6-9,15H2,1-5H3. The Balaban J connectivity index is 3.05. The van der Waals surface area contributed by atoms with Gasteiger partial charge in [0.1, 0.15) is 0 Å². The Labute approximate surface area is 132 Å². The van der Waals surface area contributed by atoms with Crippen molar-refractivity contribution in [3.05, 3.63) is 48.0 Å². The van der Waals surface area contributed by atoms with Crippen LogP contribution in [0.3, 0.4) is 0 Å². The molecule has 1 rings (SSSR count). The molecule has 2 heteroatoms. The van der Waals surface area contributed by atoms with E-state index in [9.17, 15) is 0 Å². The highest BCUT2D eigenvalue weighted by molar-refractivity contribution is 6.73. The van der Waals surface area contributed by atoms with Gasteiger partial charge in [-0.1, -0.05) is 71.5 Å². The predicted octanol–water partition coefficient (Wildman–Crippen LogP) is 6.35. The van der Waals surface area contributed by atoms with Gasteiger partial charge in [-0.25, -0.2) is 0 Å². The van der Waals surface area contributed by atoms with Gasteiger partial charge in [0.2, 0.25) is 0 Å². The van der Waals surface area contributed by atoms with Gasteiger partial charge in [-0.2, -0.15) is 0 Å². The van der Waals surface area contributed by atoms with E-state index in [0.29, 0.717) is 5.92 Å². The number of hydrogen-bond donors (Lipinski definition) is 0. The summed E-state index contributed by atoms with van der Waals surface area (Å²) in [5.74, 6) is 0.619. The zero-order valence-electron chi connectivity index (χ0n) is 14.5. The molecule has 0 aromatic heterocycles. The van der Waals surface area contributed by atoms with Crippen LogP contribution in [-0.4, -0.2) is 8.32 Å². The normalized spacial score (nSPS) is 13.4. The SMILES string of the molecule is C=C(CC(C)C)C(O[Si](CC)(CC)CC)c1ccccc1. The zero-order valence-corrected chi connectivity index (χ0v) is 15.5. The molecule has 0 heterocycles. The fraction of sp³-hybridized carbons (Fsp3) is 0.579. The van der Waals surface area contributed by atoms with Crippen LogP contribution in [0, 0.1) is 5.92 Å². The molecule has 0 radical (unpaired) electrons. The minimum absolute atomic E-state index is 0.0696. The summed E-state index contributed by atoms with van der Waals surface area (Å²) in [5, 5.41) is 0. The summed E-state index contributed by atoms with van der Waals surface area (Å²) < 4.78 is 6.77. The summed E-state index contributed by atoms with van der Waals surface area (Å²) in [7, 11) is -1.64. The van der Waals surface area contributed by atoms with Gasteiger partial charge in [0.05, 0.1) is 6.10 Å². The van der Waals surface area contributed by atoms with Gasteiger partial charge in [0, 0.05) is 0 Å². The van der Waals surface area contributed by atoms with E-state index in [1.165, 1.54) is 29.3 Å². The van der Waals surface area contributed by atoms with Crippen molar-refractivity contribution in [2.75, 3.05) is 0 Å². The molecule has 0 aliphatic carbocycles. The topological polar surface area (TPSA) is 9.23 Å². The van der Waals surface area contributed by atoms with Crippen molar-refractivity contribution >= 4 is 8.32 Å². The summed E-state index contributed by atoms with van der Waals surface area (Å²) in [6, 6.07) is 14.2. The first-order chi connectivity index (χ1) is 9.98. The van der Waals surface area contributed by atoms with Gasteiger partial charge in [-0.05, 0) is 41.6 Å². The Hall–Kier alpha value is -0.863. The van der Waals surface area contributed by atoms with Crippen LogP contribution >= 0.6 is 0 Å². The minimum atomic E-state index is -1.64. The quantitative estimate of drug-likeness (QED) is 0.381. The van der Waals surface area contributed by atoms with Crippen LogP contribution < -0.4 is 0 Å². The van der Waals surface area contributed by atoms with Crippen LogP contribution in [0.5, 0.6) is 0 Å². The highest BCUT2D eigenvalue weighted by Gasteiger charge is 2.33. The maximum absolute atomic E-state index is 6.77. The molecule has 0 N–H and O–H groups in total. The van der Waals surface area contributed by atoms with Gasteiger partial charge in [-0.15, -0.1) is 0 Å². The second kappa shape index (κ2) is 8.55. The fourth-order valence-electron chi connectivity index (χ4n) is 2.90. The lowest BCUT2D eigenvalue weighted by atomic mass is 9.95. The third-order valence-electron chi connectivity index (χ3n) is 4.44. The van der Waals surface area contributed by atoms with Crippen molar-refractivity contribution in [2.24, 2.45) is 5.92 Å². The highest BCUT2D eigenvalue weighted by Crippen LogP contribution is 2.35. The van der Waals surface area contributed by atoms with Crippen LogP contribution in [0.2, 0.25) is 18.1 Å². The molecule has 0 amide bonds. The second-order valence-corrected chi connectivity index (χ2v) is 11.1. The number of benzene rings is 1. The van der Waals surface area contributed by atoms with E-state index >= 15 is 0 Å². The smallest absolute Gasteiger partial charge is 0.193 e. The molecule has 1 aromatic carbocycles. The Morgan fingerprint density at radius 2 is 1.57 bits per heavy atom. The Morgan fingerprint density at radius 1 is 1.05 bits per heavy atom. The van der Waals surface area contributed by atoms with Crippen molar-refractivity contribution in [1.29, 1.82) is 0 Å². The molecular formula is C19H32OSi. The molecular weight excluding hydrogens is 272 g/mol. The van der Waals surface area contributed by atoms with Gasteiger partial charge < -0.3 is 4.43 Å². The first-order valence-electron chi connectivity index (χ1n) is 8.38. The third-order valence-corrected chi connectivity index (χ3v) is 9.05. The molecule has 0 saturated carbocycles. The average Bonchev–Trinajstić information content (AvgIpc) is 2.49. The molecule has 1 unspecified atom stereocenters. The Morgan fingerprint density at radius 3 is 2.00 bits per heavy atom. The predicted molar refractivity (Wildman–Crippen MR) is 96.1 cm³/mol. The first kappa shape index (κ1) is 18.2. The van der Waals surface area contributed by atoms with Crippen molar-refractivity contribution in [1.82, 2.24) is 0 Å². The van der Waals surface area contributed by atoms with E-state index in [1.807, 2.05) is 0 Å².